The minimum Gasteiger partial charge on any atom is -0.396 e. The first-order valence-electron chi connectivity index (χ1n) is 14.0. The number of hydrogen-bond donors (Lipinski definition) is 3. The molecule has 206 valence electrons. The third-order valence-electron chi connectivity index (χ3n) is 7.65. The molecule has 2 amide bonds. The van der Waals surface area contributed by atoms with Crippen LogP contribution in [-0.2, 0) is 4.79 Å². The van der Waals surface area contributed by atoms with Crippen LogP contribution in [0.3, 0.4) is 0 Å². The molecule has 2 fully saturated rings. The topological polar surface area (TPSA) is 103 Å². The van der Waals surface area contributed by atoms with E-state index in [0.29, 0.717) is 11.3 Å². The molecule has 2 aliphatic rings. The SMILES string of the molecule is O=C(Nc1ccc2c(cnn2-c2ccc(NC(=O)C3CC3)cc2)c1)c1ccc(N2CCN(CCCO)CC2)cc1. The fourth-order valence-corrected chi connectivity index (χ4v) is 5.14. The largest absolute Gasteiger partial charge is 0.396 e. The Morgan fingerprint density at radius 3 is 2.25 bits per heavy atom. The van der Waals surface area contributed by atoms with Gasteiger partial charge in [-0.2, -0.15) is 5.10 Å². The zero-order chi connectivity index (χ0) is 27.5. The summed E-state index contributed by atoms with van der Waals surface area (Å²) >= 11 is 0. The summed E-state index contributed by atoms with van der Waals surface area (Å²) in [7, 11) is 0. The molecule has 0 unspecified atom stereocenters. The van der Waals surface area contributed by atoms with E-state index in [9.17, 15) is 9.59 Å². The maximum atomic E-state index is 13.0. The molecule has 6 rings (SSSR count). The van der Waals surface area contributed by atoms with Crippen molar-refractivity contribution in [2.45, 2.75) is 19.3 Å². The van der Waals surface area contributed by atoms with E-state index in [1.807, 2.05) is 71.4 Å². The minimum atomic E-state index is -0.157. The molecule has 9 nitrogen and oxygen atoms in total. The van der Waals surface area contributed by atoms with Gasteiger partial charge in [-0.05, 0) is 86.0 Å². The maximum Gasteiger partial charge on any atom is 0.255 e. The maximum absolute atomic E-state index is 13.0. The molecule has 0 bridgehead atoms. The molecule has 0 radical (unpaired) electrons. The first-order chi connectivity index (χ1) is 19.6. The smallest absolute Gasteiger partial charge is 0.255 e. The van der Waals surface area contributed by atoms with Crippen LogP contribution in [0.1, 0.15) is 29.6 Å². The normalized spacial score (nSPS) is 15.8. The number of piperazine rings is 1. The van der Waals surface area contributed by atoms with Gasteiger partial charge < -0.3 is 20.6 Å². The Hall–Kier alpha value is -4.21. The molecule has 40 heavy (non-hydrogen) atoms. The van der Waals surface area contributed by atoms with Crippen molar-refractivity contribution in [3.8, 4) is 5.69 Å². The molecule has 9 heteroatoms. The molecule has 4 aromatic rings. The average Bonchev–Trinajstić information content (AvgIpc) is 3.77. The van der Waals surface area contributed by atoms with Crippen LogP contribution in [-0.4, -0.2) is 70.9 Å². The van der Waals surface area contributed by atoms with Gasteiger partial charge in [0.1, 0.15) is 0 Å². The van der Waals surface area contributed by atoms with E-state index < -0.39 is 0 Å². The Labute approximate surface area is 233 Å². The molecule has 1 saturated heterocycles. The van der Waals surface area contributed by atoms with Gasteiger partial charge in [-0.15, -0.1) is 0 Å². The van der Waals surface area contributed by atoms with Gasteiger partial charge in [0.25, 0.3) is 5.91 Å². The number of aliphatic hydroxyl groups excluding tert-OH is 1. The predicted octanol–water partition coefficient (Wildman–Crippen LogP) is 4.13. The summed E-state index contributed by atoms with van der Waals surface area (Å²) in [6, 6.07) is 21.2. The van der Waals surface area contributed by atoms with Gasteiger partial charge in [-0.1, -0.05) is 0 Å². The zero-order valence-corrected chi connectivity index (χ0v) is 22.4. The third-order valence-corrected chi connectivity index (χ3v) is 7.65. The van der Waals surface area contributed by atoms with Crippen LogP contribution < -0.4 is 15.5 Å². The number of amides is 2. The van der Waals surface area contributed by atoms with Crippen LogP contribution in [0.4, 0.5) is 17.1 Å². The molecule has 3 N–H and O–H groups in total. The predicted molar refractivity (Wildman–Crippen MR) is 157 cm³/mol. The van der Waals surface area contributed by atoms with Crippen LogP contribution >= 0.6 is 0 Å². The Morgan fingerprint density at radius 1 is 0.850 bits per heavy atom. The molecule has 1 aliphatic heterocycles. The molecule has 0 atom stereocenters. The molecular weight excluding hydrogens is 504 g/mol. The van der Waals surface area contributed by atoms with Gasteiger partial charge in [-0.3, -0.25) is 14.5 Å². The highest BCUT2D eigenvalue weighted by Crippen LogP contribution is 2.30. The van der Waals surface area contributed by atoms with Gasteiger partial charge in [0.15, 0.2) is 0 Å². The second-order valence-electron chi connectivity index (χ2n) is 10.5. The fourth-order valence-electron chi connectivity index (χ4n) is 5.14. The lowest BCUT2D eigenvalue weighted by Crippen LogP contribution is -2.46. The van der Waals surface area contributed by atoms with Crippen molar-refractivity contribution in [1.82, 2.24) is 14.7 Å². The number of aromatic nitrogens is 2. The summed E-state index contributed by atoms with van der Waals surface area (Å²) in [5.41, 5.74) is 5.03. The van der Waals surface area contributed by atoms with Crippen molar-refractivity contribution in [1.29, 1.82) is 0 Å². The monoisotopic (exact) mass is 538 g/mol. The van der Waals surface area contributed by atoms with Crippen LogP contribution in [0.5, 0.6) is 0 Å². The fraction of sp³-hybridized carbons (Fsp3) is 0.323. The van der Waals surface area contributed by atoms with E-state index in [0.717, 1.165) is 80.0 Å². The highest BCUT2D eigenvalue weighted by molar-refractivity contribution is 6.05. The van der Waals surface area contributed by atoms with Crippen LogP contribution in [0, 0.1) is 5.92 Å². The number of carbonyl (C=O) groups is 2. The number of nitrogens with zero attached hydrogens (tertiary/aromatic N) is 4. The van der Waals surface area contributed by atoms with E-state index in [1.165, 1.54) is 0 Å². The number of hydrogen-bond acceptors (Lipinski definition) is 6. The Morgan fingerprint density at radius 2 is 1.55 bits per heavy atom. The van der Waals surface area contributed by atoms with Crippen LogP contribution in [0.15, 0.2) is 72.9 Å². The van der Waals surface area contributed by atoms with E-state index in [-0.39, 0.29) is 24.3 Å². The Balaban J connectivity index is 1.07. The average molecular weight is 539 g/mol. The lowest BCUT2D eigenvalue weighted by atomic mass is 10.1. The Kier molecular flexibility index (Phi) is 7.48. The molecule has 1 aromatic heterocycles. The lowest BCUT2D eigenvalue weighted by molar-refractivity contribution is -0.117. The standard InChI is InChI=1S/C31H34N6O3/c38-19-1-14-35-15-17-36(18-16-35)27-9-4-23(5-10-27)31(40)34-26-8-13-29-24(20-26)21-32-37(29)28-11-6-25(7-12-28)33-30(39)22-2-3-22/h4-13,20-22,38H,1-3,14-19H2,(H,33,39)(H,34,40). The minimum absolute atomic E-state index is 0.0899. The van der Waals surface area contributed by atoms with Crippen molar-refractivity contribution in [2.24, 2.45) is 5.92 Å². The summed E-state index contributed by atoms with van der Waals surface area (Å²) < 4.78 is 1.85. The number of carbonyl (C=O) groups excluding carboxylic acids is 2. The number of aliphatic hydroxyl groups is 1. The van der Waals surface area contributed by atoms with Crippen molar-refractivity contribution >= 4 is 39.8 Å². The van der Waals surface area contributed by atoms with E-state index in [1.54, 1.807) is 6.20 Å². The molecule has 0 spiro atoms. The molecule has 2 heterocycles. The number of nitrogens with one attached hydrogen (secondary N) is 2. The summed E-state index contributed by atoms with van der Waals surface area (Å²) in [4.78, 5) is 29.7. The molecule has 1 aliphatic carbocycles. The quantitative estimate of drug-likeness (QED) is 0.296. The highest BCUT2D eigenvalue weighted by Gasteiger charge is 2.29. The number of anilines is 3. The molecule has 3 aromatic carbocycles. The van der Waals surface area contributed by atoms with E-state index >= 15 is 0 Å². The number of benzene rings is 3. The van der Waals surface area contributed by atoms with E-state index in [4.69, 9.17) is 5.11 Å². The van der Waals surface area contributed by atoms with Crippen molar-refractivity contribution < 1.29 is 14.7 Å². The molecular formula is C31H34N6O3. The second-order valence-corrected chi connectivity index (χ2v) is 10.5. The summed E-state index contributed by atoms with van der Waals surface area (Å²) in [5.74, 6) is 0.0990. The van der Waals surface area contributed by atoms with E-state index in [2.05, 4.69) is 25.5 Å². The van der Waals surface area contributed by atoms with Gasteiger partial charge in [-0.25, -0.2) is 4.68 Å². The first kappa shape index (κ1) is 26.0. The number of fused-ring (bicyclic) bond motifs is 1. The zero-order valence-electron chi connectivity index (χ0n) is 22.4. The first-order valence-corrected chi connectivity index (χ1v) is 14.0. The van der Waals surface area contributed by atoms with Crippen molar-refractivity contribution in [2.75, 3.05) is 54.9 Å². The molecule has 1 saturated carbocycles. The Bertz CT molecular complexity index is 1490. The van der Waals surface area contributed by atoms with Gasteiger partial charge >= 0.3 is 0 Å². The third kappa shape index (κ3) is 5.85. The summed E-state index contributed by atoms with van der Waals surface area (Å²) in [6.45, 7) is 5.00. The number of rotatable bonds is 9. The van der Waals surface area contributed by atoms with Gasteiger partial charge in [0.2, 0.25) is 5.91 Å². The van der Waals surface area contributed by atoms with Crippen molar-refractivity contribution in [3.63, 3.8) is 0 Å². The van der Waals surface area contributed by atoms with Crippen LogP contribution in [0.25, 0.3) is 16.6 Å². The van der Waals surface area contributed by atoms with Crippen molar-refractivity contribution in [3.05, 3.63) is 78.5 Å². The summed E-state index contributed by atoms with van der Waals surface area (Å²) in [5, 5.41) is 20.5. The van der Waals surface area contributed by atoms with Gasteiger partial charge in [0, 0.05) is 73.3 Å². The lowest BCUT2D eigenvalue weighted by Gasteiger charge is -2.36. The van der Waals surface area contributed by atoms with Gasteiger partial charge in [0.05, 0.1) is 17.4 Å². The highest BCUT2D eigenvalue weighted by atomic mass is 16.3. The second kappa shape index (κ2) is 11.5. The summed E-state index contributed by atoms with van der Waals surface area (Å²) in [6.07, 6.45) is 4.55. The van der Waals surface area contributed by atoms with Crippen LogP contribution in [0.2, 0.25) is 0 Å².